The van der Waals surface area contributed by atoms with Crippen molar-refractivity contribution in [2.24, 2.45) is 5.92 Å². The van der Waals surface area contributed by atoms with E-state index in [0.717, 1.165) is 22.7 Å². The fourth-order valence-corrected chi connectivity index (χ4v) is 2.62. The Morgan fingerprint density at radius 2 is 1.95 bits per heavy atom. The van der Waals surface area contributed by atoms with Crippen molar-refractivity contribution in [2.75, 3.05) is 13.7 Å². The van der Waals surface area contributed by atoms with E-state index in [9.17, 15) is 0 Å². The van der Waals surface area contributed by atoms with Crippen LogP contribution in [0.2, 0.25) is 0 Å². The molecule has 0 aliphatic carbocycles. The average molecular weight is 328 g/mol. The van der Waals surface area contributed by atoms with E-state index in [1.165, 1.54) is 24.8 Å². The Balaban J connectivity index is 2.37. The van der Waals surface area contributed by atoms with Gasteiger partial charge in [-0.05, 0) is 59.4 Å². The summed E-state index contributed by atoms with van der Waals surface area (Å²) in [6.45, 7) is 7.85. The number of unbranched alkanes of at least 4 members (excludes halogenated alkanes) is 1. The lowest BCUT2D eigenvalue weighted by Crippen LogP contribution is -2.19. The minimum atomic E-state index is 0.376. The summed E-state index contributed by atoms with van der Waals surface area (Å²) in [4.78, 5) is 0. The van der Waals surface area contributed by atoms with Gasteiger partial charge in [0, 0.05) is 6.04 Å². The summed E-state index contributed by atoms with van der Waals surface area (Å²) in [5.74, 6) is 1.70. The maximum atomic E-state index is 5.25. The Bertz CT molecular complexity index is 379. The number of hydrogen-bond acceptors (Lipinski definition) is 2. The number of benzene rings is 1. The predicted octanol–water partition coefficient (Wildman–Crippen LogP) is 4.93. The Morgan fingerprint density at radius 1 is 1.21 bits per heavy atom. The third-order valence-corrected chi connectivity index (χ3v) is 3.95. The first-order valence-electron chi connectivity index (χ1n) is 7.11. The molecule has 0 radical (unpaired) electrons. The third kappa shape index (κ3) is 5.96. The van der Waals surface area contributed by atoms with Crippen molar-refractivity contribution >= 4 is 15.9 Å². The van der Waals surface area contributed by atoms with Gasteiger partial charge in [0.2, 0.25) is 0 Å². The minimum absolute atomic E-state index is 0.376. The van der Waals surface area contributed by atoms with Crippen LogP contribution in [0.1, 0.15) is 51.6 Å². The van der Waals surface area contributed by atoms with Gasteiger partial charge in [-0.25, -0.2) is 0 Å². The van der Waals surface area contributed by atoms with Crippen LogP contribution in [0.4, 0.5) is 0 Å². The Hall–Kier alpha value is -0.540. The topological polar surface area (TPSA) is 21.3 Å². The Labute approximate surface area is 126 Å². The van der Waals surface area contributed by atoms with Gasteiger partial charge < -0.3 is 10.1 Å². The maximum absolute atomic E-state index is 5.25. The zero-order valence-corrected chi connectivity index (χ0v) is 14.1. The molecule has 0 spiro atoms. The van der Waals surface area contributed by atoms with Gasteiger partial charge in [-0.15, -0.1) is 0 Å². The highest BCUT2D eigenvalue weighted by Gasteiger charge is 2.07. The number of hydrogen-bond donors (Lipinski definition) is 1. The van der Waals surface area contributed by atoms with Crippen LogP contribution in [0, 0.1) is 5.92 Å². The van der Waals surface area contributed by atoms with E-state index in [1.807, 2.05) is 6.07 Å². The molecule has 0 heterocycles. The van der Waals surface area contributed by atoms with E-state index in [-0.39, 0.29) is 0 Å². The van der Waals surface area contributed by atoms with E-state index in [0.29, 0.717) is 6.04 Å². The van der Waals surface area contributed by atoms with Crippen LogP contribution in [0.3, 0.4) is 0 Å². The van der Waals surface area contributed by atoms with E-state index >= 15 is 0 Å². The molecule has 1 unspecified atom stereocenters. The summed E-state index contributed by atoms with van der Waals surface area (Å²) in [6.07, 6.45) is 3.88. The second-order valence-corrected chi connectivity index (χ2v) is 6.31. The van der Waals surface area contributed by atoms with Crippen LogP contribution in [-0.2, 0) is 0 Å². The molecular weight excluding hydrogens is 302 g/mol. The van der Waals surface area contributed by atoms with Crippen molar-refractivity contribution in [3.63, 3.8) is 0 Å². The van der Waals surface area contributed by atoms with Crippen LogP contribution in [0.25, 0.3) is 0 Å². The van der Waals surface area contributed by atoms with Crippen molar-refractivity contribution in [3.05, 3.63) is 28.2 Å². The van der Waals surface area contributed by atoms with Crippen molar-refractivity contribution in [2.45, 2.75) is 46.1 Å². The van der Waals surface area contributed by atoms with Crippen LogP contribution < -0.4 is 10.1 Å². The first kappa shape index (κ1) is 16.5. The lowest BCUT2D eigenvalue weighted by Gasteiger charge is -2.15. The summed E-state index contributed by atoms with van der Waals surface area (Å²) in [5, 5.41) is 3.58. The molecule has 0 bridgehead atoms. The molecule has 1 atom stereocenters. The fraction of sp³-hybridized carbons (Fsp3) is 0.625. The summed E-state index contributed by atoms with van der Waals surface area (Å²) >= 11 is 3.53. The van der Waals surface area contributed by atoms with Crippen LogP contribution in [0.5, 0.6) is 5.75 Å². The van der Waals surface area contributed by atoms with Crippen LogP contribution in [-0.4, -0.2) is 13.7 Å². The molecule has 19 heavy (non-hydrogen) atoms. The van der Waals surface area contributed by atoms with Gasteiger partial charge in [0.05, 0.1) is 11.6 Å². The first-order valence-corrected chi connectivity index (χ1v) is 7.90. The average Bonchev–Trinajstić information content (AvgIpc) is 2.37. The SMILES string of the molecule is COc1ccc(C(C)NCCCCC(C)C)cc1Br. The third-order valence-electron chi connectivity index (χ3n) is 3.33. The van der Waals surface area contributed by atoms with Crippen LogP contribution >= 0.6 is 15.9 Å². The highest BCUT2D eigenvalue weighted by atomic mass is 79.9. The molecule has 0 saturated heterocycles. The number of methoxy groups -OCH3 is 1. The number of nitrogens with one attached hydrogen (secondary N) is 1. The highest BCUT2D eigenvalue weighted by molar-refractivity contribution is 9.10. The predicted molar refractivity (Wildman–Crippen MR) is 85.8 cm³/mol. The number of rotatable bonds is 8. The minimum Gasteiger partial charge on any atom is -0.496 e. The van der Waals surface area contributed by atoms with Gasteiger partial charge in [-0.3, -0.25) is 0 Å². The molecule has 1 aromatic carbocycles. The summed E-state index contributed by atoms with van der Waals surface area (Å²) in [7, 11) is 1.69. The van der Waals surface area contributed by atoms with Crippen molar-refractivity contribution < 1.29 is 4.74 Å². The molecule has 1 rings (SSSR count). The molecule has 3 heteroatoms. The van der Waals surface area contributed by atoms with Gasteiger partial charge >= 0.3 is 0 Å². The molecule has 1 N–H and O–H groups in total. The van der Waals surface area contributed by atoms with Gasteiger partial charge in [0.1, 0.15) is 5.75 Å². The van der Waals surface area contributed by atoms with E-state index in [1.54, 1.807) is 7.11 Å². The van der Waals surface area contributed by atoms with Crippen molar-refractivity contribution in [3.8, 4) is 5.75 Å². The molecule has 2 nitrogen and oxygen atoms in total. The molecule has 0 aliphatic rings. The highest BCUT2D eigenvalue weighted by Crippen LogP contribution is 2.27. The molecule has 108 valence electrons. The molecule has 1 aromatic rings. The first-order chi connectivity index (χ1) is 9.04. The molecule has 0 fully saturated rings. The molecule has 0 amide bonds. The van der Waals surface area contributed by atoms with Gasteiger partial charge in [-0.2, -0.15) is 0 Å². The van der Waals surface area contributed by atoms with Gasteiger partial charge in [-0.1, -0.05) is 32.8 Å². The number of ether oxygens (including phenoxy) is 1. The summed E-state index contributed by atoms with van der Waals surface area (Å²) in [5.41, 5.74) is 1.29. The second-order valence-electron chi connectivity index (χ2n) is 5.46. The molecule has 0 aliphatic heterocycles. The standard InChI is InChI=1S/C16H26BrNO/c1-12(2)7-5-6-10-18-13(3)14-8-9-16(19-4)15(17)11-14/h8-9,11-13,18H,5-7,10H2,1-4H3. The second kappa shape index (κ2) is 8.60. The summed E-state index contributed by atoms with van der Waals surface area (Å²) < 4.78 is 6.26. The zero-order valence-electron chi connectivity index (χ0n) is 12.5. The normalized spacial score (nSPS) is 12.7. The zero-order chi connectivity index (χ0) is 14.3. The van der Waals surface area contributed by atoms with Crippen LogP contribution in [0.15, 0.2) is 22.7 Å². The summed E-state index contributed by atoms with van der Waals surface area (Å²) in [6, 6.07) is 6.64. The van der Waals surface area contributed by atoms with Gasteiger partial charge in [0.25, 0.3) is 0 Å². The largest absolute Gasteiger partial charge is 0.496 e. The number of halogens is 1. The van der Waals surface area contributed by atoms with E-state index < -0.39 is 0 Å². The molecule has 0 saturated carbocycles. The van der Waals surface area contributed by atoms with Crippen molar-refractivity contribution in [1.82, 2.24) is 5.32 Å². The monoisotopic (exact) mass is 327 g/mol. The molecule has 0 aromatic heterocycles. The van der Waals surface area contributed by atoms with E-state index in [2.05, 4.69) is 54.2 Å². The lowest BCUT2D eigenvalue weighted by molar-refractivity contribution is 0.411. The Kier molecular flexibility index (Phi) is 7.47. The molecular formula is C16H26BrNO. The van der Waals surface area contributed by atoms with Crippen molar-refractivity contribution in [1.29, 1.82) is 0 Å². The van der Waals surface area contributed by atoms with Gasteiger partial charge in [0.15, 0.2) is 0 Å². The fourth-order valence-electron chi connectivity index (χ4n) is 2.07. The maximum Gasteiger partial charge on any atom is 0.133 e. The van der Waals surface area contributed by atoms with E-state index in [4.69, 9.17) is 4.74 Å². The lowest BCUT2D eigenvalue weighted by atomic mass is 10.1. The Morgan fingerprint density at radius 3 is 2.53 bits per heavy atom. The smallest absolute Gasteiger partial charge is 0.133 e. The quantitative estimate of drug-likeness (QED) is 0.683.